The number of imidazole rings is 1. The van der Waals surface area contributed by atoms with E-state index in [1.165, 1.54) is 17.8 Å². The lowest BCUT2D eigenvalue weighted by molar-refractivity contribution is 0.0420. The van der Waals surface area contributed by atoms with Crippen LogP contribution in [0.25, 0.3) is 0 Å². The molecule has 0 N–H and O–H groups in total. The first-order valence-electron chi connectivity index (χ1n) is 8.21. The molecule has 0 atom stereocenters. The van der Waals surface area contributed by atoms with Gasteiger partial charge in [0.2, 0.25) is 5.95 Å². The quantitative estimate of drug-likeness (QED) is 0.595. The van der Waals surface area contributed by atoms with Crippen LogP contribution >= 0.6 is 0 Å². The molecule has 9 heteroatoms. The summed E-state index contributed by atoms with van der Waals surface area (Å²) < 4.78 is 16.8. The lowest BCUT2D eigenvalue weighted by Crippen LogP contribution is -2.45. The summed E-state index contributed by atoms with van der Waals surface area (Å²) in [5, 5.41) is 0. The molecule has 26 heavy (non-hydrogen) atoms. The molecule has 2 amide bonds. The normalized spacial score (nSPS) is 11.7. The van der Waals surface area contributed by atoms with Crippen LogP contribution in [0.5, 0.6) is 0 Å². The van der Waals surface area contributed by atoms with Gasteiger partial charge in [0.15, 0.2) is 0 Å². The molecule has 1 rings (SSSR count). The number of nitrogens with zero attached hydrogens (tertiary/aromatic N) is 3. The minimum Gasteiger partial charge on any atom is -0.461 e. The van der Waals surface area contributed by atoms with Crippen molar-refractivity contribution < 1.29 is 28.6 Å². The Kier molecular flexibility index (Phi) is 6.40. The molecule has 0 saturated heterocycles. The Morgan fingerprint density at radius 3 is 1.88 bits per heavy atom. The summed E-state index contributed by atoms with van der Waals surface area (Å²) in [6.45, 7) is 11.9. The third-order valence-electron chi connectivity index (χ3n) is 2.80. The zero-order valence-electron chi connectivity index (χ0n) is 16.6. The van der Waals surface area contributed by atoms with Crippen molar-refractivity contribution in [2.75, 3.05) is 11.5 Å². The average Bonchev–Trinajstić information content (AvgIpc) is 2.77. The molecule has 0 aliphatic rings. The Morgan fingerprint density at radius 2 is 1.50 bits per heavy atom. The molecule has 0 unspecified atom stereocenters. The fourth-order valence-corrected chi connectivity index (χ4v) is 1.86. The molecule has 9 nitrogen and oxygen atoms in total. The second kappa shape index (κ2) is 7.76. The van der Waals surface area contributed by atoms with E-state index in [-0.39, 0.29) is 18.2 Å². The molecule has 0 spiro atoms. The SMILES string of the molecule is CCOC(=O)c1cnc(N(C(=O)OC(C)(C)C)C(=O)OC(C)(C)C)n1C. The Labute approximate surface area is 153 Å². The van der Waals surface area contributed by atoms with Crippen LogP contribution in [0.1, 0.15) is 59.0 Å². The Hall–Kier alpha value is -2.58. The molecule has 1 aromatic heterocycles. The van der Waals surface area contributed by atoms with E-state index >= 15 is 0 Å². The van der Waals surface area contributed by atoms with E-state index in [0.29, 0.717) is 4.90 Å². The molecule has 0 bridgehead atoms. The largest absolute Gasteiger partial charge is 0.461 e. The van der Waals surface area contributed by atoms with Gasteiger partial charge in [0, 0.05) is 7.05 Å². The third-order valence-corrected chi connectivity index (χ3v) is 2.80. The summed E-state index contributed by atoms with van der Waals surface area (Å²) in [5.41, 5.74) is -1.60. The van der Waals surface area contributed by atoms with E-state index < -0.39 is 29.4 Å². The van der Waals surface area contributed by atoms with E-state index in [2.05, 4.69) is 4.98 Å². The van der Waals surface area contributed by atoms with Crippen LogP contribution in [0.3, 0.4) is 0 Å². The topological polar surface area (TPSA) is 100.0 Å². The van der Waals surface area contributed by atoms with Gasteiger partial charge in [-0.05, 0) is 48.5 Å². The van der Waals surface area contributed by atoms with Crippen LogP contribution in [-0.4, -0.2) is 45.5 Å². The van der Waals surface area contributed by atoms with Gasteiger partial charge in [-0.25, -0.2) is 19.4 Å². The molecule has 0 aliphatic heterocycles. The van der Waals surface area contributed by atoms with Crippen molar-refractivity contribution in [1.82, 2.24) is 9.55 Å². The second-order valence-electron chi connectivity index (χ2n) is 7.52. The zero-order valence-corrected chi connectivity index (χ0v) is 16.6. The van der Waals surface area contributed by atoms with E-state index in [1.54, 1.807) is 48.5 Å². The predicted molar refractivity (Wildman–Crippen MR) is 94.1 cm³/mol. The molecular formula is C17H27N3O6. The maximum Gasteiger partial charge on any atom is 0.427 e. The average molecular weight is 369 g/mol. The number of hydrogen-bond donors (Lipinski definition) is 0. The number of hydrogen-bond acceptors (Lipinski definition) is 7. The van der Waals surface area contributed by atoms with Crippen molar-refractivity contribution in [2.45, 2.75) is 59.7 Å². The van der Waals surface area contributed by atoms with Gasteiger partial charge in [-0.1, -0.05) is 0 Å². The zero-order chi connectivity index (χ0) is 20.3. The number of amides is 2. The van der Waals surface area contributed by atoms with Crippen LogP contribution in [0.15, 0.2) is 6.20 Å². The molecule has 0 fully saturated rings. The highest BCUT2D eigenvalue weighted by Gasteiger charge is 2.36. The van der Waals surface area contributed by atoms with Gasteiger partial charge < -0.3 is 18.8 Å². The van der Waals surface area contributed by atoms with Gasteiger partial charge in [-0.3, -0.25) is 0 Å². The maximum absolute atomic E-state index is 12.6. The monoisotopic (exact) mass is 369 g/mol. The van der Waals surface area contributed by atoms with Crippen LogP contribution in [0, 0.1) is 0 Å². The first-order valence-corrected chi connectivity index (χ1v) is 8.21. The van der Waals surface area contributed by atoms with Crippen molar-refractivity contribution in [1.29, 1.82) is 0 Å². The molecule has 0 saturated carbocycles. The van der Waals surface area contributed by atoms with Crippen molar-refractivity contribution in [3.8, 4) is 0 Å². The van der Waals surface area contributed by atoms with E-state index in [4.69, 9.17) is 14.2 Å². The molecule has 1 aromatic rings. The molecule has 1 heterocycles. The van der Waals surface area contributed by atoms with E-state index in [0.717, 1.165) is 0 Å². The van der Waals surface area contributed by atoms with E-state index in [9.17, 15) is 14.4 Å². The van der Waals surface area contributed by atoms with Crippen molar-refractivity contribution in [2.24, 2.45) is 7.05 Å². The first-order chi connectivity index (χ1) is 11.8. The minimum atomic E-state index is -0.962. The lowest BCUT2D eigenvalue weighted by Gasteiger charge is -2.28. The minimum absolute atomic E-state index is 0.0824. The van der Waals surface area contributed by atoms with Crippen molar-refractivity contribution in [3.63, 3.8) is 0 Å². The first kappa shape index (κ1) is 21.5. The summed E-state index contributed by atoms with van der Waals surface area (Å²) in [6.07, 6.45) is -0.707. The molecule has 0 aliphatic carbocycles. The van der Waals surface area contributed by atoms with Crippen LogP contribution < -0.4 is 4.90 Å². The lowest BCUT2D eigenvalue weighted by atomic mass is 10.2. The number of rotatable bonds is 3. The highest BCUT2D eigenvalue weighted by atomic mass is 16.6. The summed E-state index contributed by atoms with van der Waals surface area (Å²) in [5.74, 6) is -0.737. The summed E-state index contributed by atoms with van der Waals surface area (Å²) in [4.78, 5) is 41.8. The summed E-state index contributed by atoms with van der Waals surface area (Å²) >= 11 is 0. The fraction of sp³-hybridized carbons (Fsp3) is 0.647. The van der Waals surface area contributed by atoms with Crippen molar-refractivity contribution >= 4 is 24.1 Å². The van der Waals surface area contributed by atoms with Gasteiger partial charge in [0.25, 0.3) is 0 Å². The number of imide groups is 1. The Morgan fingerprint density at radius 1 is 1.04 bits per heavy atom. The highest BCUT2D eigenvalue weighted by Crippen LogP contribution is 2.21. The standard InChI is InChI=1S/C17H27N3O6/c1-9-24-12(21)11-10-18-13(19(11)8)20(14(22)25-16(2,3)4)15(23)26-17(5,6)7/h10H,9H2,1-8H3. The van der Waals surface area contributed by atoms with Gasteiger partial charge in [-0.15, -0.1) is 4.90 Å². The third kappa shape index (κ3) is 5.75. The number of anilines is 1. The summed E-state index contributed by atoms with van der Waals surface area (Å²) in [6, 6.07) is 0. The predicted octanol–water partition coefficient (Wildman–Crippen LogP) is 3.27. The molecule has 146 valence electrons. The molecule has 0 aromatic carbocycles. The number of esters is 1. The second-order valence-corrected chi connectivity index (χ2v) is 7.52. The van der Waals surface area contributed by atoms with Crippen LogP contribution in [-0.2, 0) is 21.3 Å². The highest BCUT2D eigenvalue weighted by molar-refractivity contribution is 6.08. The van der Waals surface area contributed by atoms with Gasteiger partial charge in [-0.2, -0.15) is 0 Å². The Balaban J connectivity index is 3.31. The van der Waals surface area contributed by atoms with Crippen LogP contribution in [0.2, 0.25) is 0 Å². The number of carbonyl (C=O) groups is 3. The molecule has 0 radical (unpaired) electrons. The smallest absolute Gasteiger partial charge is 0.427 e. The van der Waals surface area contributed by atoms with Gasteiger partial charge >= 0.3 is 18.2 Å². The molecular weight excluding hydrogens is 342 g/mol. The van der Waals surface area contributed by atoms with Crippen molar-refractivity contribution in [3.05, 3.63) is 11.9 Å². The number of ether oxygens (including phenoxy) is 3. The van der Waals surface area contributed by atoms with Gasteiger partial charge in [0.1, 0.15) is 16.9 Å². The number of aromatic nitrogens is 2. The fourth-order valence-electron chi connectivity index (χ4n) is 1.86. The maximum atomic E-state index is 12.6. The Bertz CT molecular complexity index is 654. The summed E-state index contributed by atoms with van der Waals surface area (Å²) in [7, 11) is 1.48. The van der Waals surface area contributed by atoms with Gasteiger partial charge in [0.05, 0.1) is 12.8 Å². The number of carbonyl (C=O) groups excluding carboxylic acids is 3. The van der Waals surface area contributed by atoms with Crippen LogP contribution in [0.4, 0.5) is 15.5 Å². The van der Waals surface area contributed by atoms with E-state index in [1.807, 2.05) is 0 Å².